The van der Waals surface area contributed by atoms with Crippen LogP contribution in [0.4, 0.5) is 17.2 Å². The van der Waals surface area contributed by atoms with E-state index in [-0.39, 0.29) is 11.8 Å². The van der Waals surface area contributed by atoms with Crippen LogP contribution in [0, 0.1) is 6.92 Å². The summed E-state index contributed by atoms with van der Waals surface area (Å²) in [4.78, 5) is 37.6. The van der Waals surface area contributed by atoms with E-state index in [1.165, 1.54) is 30.9 Å². The fourth-order valence-electron chi connectivity index (χ4n) is 2.90. The molecule has 2 amide bonds. The molecule has 0 aliphatic carbocycles. The van der Waals surface area contributed by atoms with Crippen LogP contribution in [0.25, 0.3) is 10.2 Å². The van der Waals surface area contributed by atoms with Crippen molar-refractivity contribution in [1.29, 1.82) is 0 Å². The molecule has 9 heteroatoms. The van der Waals surface area contributed by atoms with Gasteiger partial charge in [-0.1, -0.05) is 18.2 Å². The van der Waals surface area contributed by atoms with Crippen molar-refractivity contribution in [3.63, 3.8) is 0 Å². The molecule has 8 nitrogen and oxygen atoms in total. The molecule has 0 saturated heterocycles. The Balaban J connectivity index is 1.71. The van der Waals surface area contributed by atoms with Crippen molar-refractivity contribution >= 4 is 50.6 Å². The summed E-state index contributed by atoms with van der Waals surface area (Å²) in [6.07, 6.45) is 4.54. The van der Waals surface area contributed by atoms with Crippen LogP contribution in [-0.4, -0.2) is 33.8 Å². The summed E-state index contributed by atoms with van der Waals surface area (Å²) >= 11 is 1.39. The summed E-state index contributed by atoms with van der Waals surface area (Å²) in [5.41, 5.74) is 3.61. The normalized spacial score (nSPS) is 10.6. The minimum atomic E-state index is -0.344. The smallest absolute Gasteiger partial charge is 0.258 e. The minimum Gasteiger partial charge on any atom is -0.355 e. The van der Waals surface area contributed by atoms with Gasteiger partial charge in [0.25, 0.3) is 11.8 Å². The van der Waals surface area contributed by atoms with E-state index in [1.54, 1.807) is 17.6 Å². The third-order valence-corrected chi connectivity index (χ3v) is 5.41. The first-order valence-corrected chi connectivity index (χ1v) is 9.98. The number of carbonyl (C=O) groups excluding carboxylic acids is 2. The van der Waals surface area contributed by atoms with E-state index in [0.717, 1.165) is 16.0 Å². The van der Waals surface area contributed by atoms with Crippen molar-refractivity contribution in [2.24, 2.45) is 0 Å². The second-order valence-corrected chi connectivity index (χ2v) is 7.39. The van der Waals surface area contributed by atoms with E-state index < -0.39 is 0 Å². The molecule has 0 bridgehead atoms. The lowest BCUT2D eigenvalue weighted by molar-refractivity contribution is 0.0961. The van der Waals surface area contributed by atoms with Crippen LogP contribution < -0.4 is 16.0 Å². The van der Waals surface area contributed by atoms with Gasteiger partial charge in [0.05, 0.1) is 27.0 Å². The first kappa shape index (κ1) is 19.5. The Bertz CT molecular complexity index is 1250. The number of rotatable bonds is 5. The lowest BCUT2D eigenvalue weighted by Gasteiger charge is -2.14. The number of benzene rings is 1. The number of aromatic nitrogens is 3. The topological polar surface area (TPSA) is 109 Å². The van der Waals surface area contributed by atoms with E-state index >= 15 is 0 Å². The number of amides is 2. The number of fused-ring (bicyclic) bond motifs is 1. The van der Waals surface area contributed by atoms with Gasteiger partial charge in [0.1, 0.15) is 6.33 Å². The van der Waals surface area contributed by atoms with Crippen molar-refractivity contribution in [2.75, 3.05) is 17.7 Å². The number of aryl methyl sites for hydroxylation is 1. The van der Waals surface area contributed by atoms with Crippen LogP contribution in [0.1, 0.15) is 26.3 Å². The molecule has 0 aliphatic heterocycles. The third-order valence-electron chi connectivity index (χ3n) is 4.51. The second-order valence-electron chi connectivity index (χ2n) is 6.48. The molecule has 0 aliphatic rings. The first-order valence-electron chi connectivity index (χ1n) is 9.10. The molecular weight excluding hydrogens is 400 g/mol. The number of pyridine rings is 1. The van der Waals surface area contributed by atoms with Gasteiger partial charge in [0.2, 0.25) is 0 Å². The Morgan fingerprint density at radius 1 is 1.03 bits per heavy atom. The lowest BCUT2D eigenvalue weighted by atomic mass is 10.2. The molecule has 0 spiro atoms. The van der Waals surface area contributed by atoms with Crippen LogP contribution in [0.2, 0.25) is 0 Å². The Morgan fingerprint density at radius 3 is 2.67 bits per heavy atom. The zero-order valence-electron chi connectivity index (χ0n) is 16.3. The maximum atomic E-state index is 13.0. The molecule has 1 aromatic carbocycles. The van der Waals surface area contributed by atoms with Gasteiger partial charge in [-0.05, 0) is 24.6 Å². The molecule has 0 atom stereocenters. The fraction of sp³-hybridized carbons (Fsp3) is 0.0952. The molecule has 0 fully saturated rings. The maximum Gasteiger partial charge on any atom is 0.258 e. The number of para-hydroxylation sites is 1. The molecular formula is C21H18N6O2S. The summed E-state index contributed by atoms with van der Waals surface area (Å²) in [7, 11) is 1.54. The average molecular weight is 418 g/mol. The number of thiophene rings is 1. The highest BCUT2D eigenvalue weighted by Crippen LogP contribution is 2.28. The van der Waals surface area contributed by atoms with Crippen LogP contribution >= 0.6 is 11.3 Å². The number of anilines is 3. The maximum absolute atomic E-state index is 13.0. The minimum absolute atomic E-state index is 0.297. The third kappa shape index (κ3) is 3.83. The van der Waals surface area contributed by atoms with Crippen molar-refractivity contribution in [3.8, 4) is 0 Å². The molecule has 4 aromatic rings. The molecule has 150 valence electrons. The van der Waals surface area contributed by atoms with Crippen LogP contribution in [0.15, 0.2) is 54.4 Å². The Kier molecular flexibility index (Phi) is 5.36. The van der Waals surface area contributed by atoms with E-state index in [0.29, 0.717) is 28.1 Å². The van der Waals surface area contributed by atoms with E-state index in [1.807, 2.05) is 31.2 Å². The molecule has 0 radical (unpaired) electrons. The Morgan fingerprint density at radius 2 is 1.87 bits per heavy atom. The molecule has 0 unspecified atom stereocenters. The highest BCUT2D eigenvalue weighted by Gasteiger charge is 2.18. The zero-order chi connectivity index (χ0) is 21.1. The number of nitrogens with one attached hydrogen (secondary N) is 3. The molecule has 4 rings (SSSR count). The van der Waals surface area contributed by atoms with E-state index in [9.17, 15) is 9.59 Å². The number of nitrogens with zero attached hydrogens (tertiary/aromatic N) is 3. The van der Waals surface area contributed by atoms with Crippen molar-refractivity contribution < 1.29 is 9.59 Å². The highest BCUT2D eigenvalue weighted by atomic mass is 32.1. The largest absolute Gasteiger partial charge is 0.355 e. The van der Waals surface area contributed by atoms with Crippen molar-refractivity contribution in [2.45, 2.75) is 6.92 Å². The second kappa shape index (κ2) is 8.26. The van der Waals surface area contributed by atoms with Gasteiger partial charge < -0.3 is 16.0 Å². The predicted molar refractivity (Wildman–Crippen MR) is 117 cm³/mol. The predicted octanol–water partition coefficient (Wildman–Crippen LogP) is 3.75. The van der Waals surface area contributed by atoms with Gasteiger partial charge in [0.15, 0.2) is 5.82 Å². The molecule has 3 N–H and O–H groups in total. The van der Waals surface area contributed by atoms with Crippen molar-refractivity contribution in [1.82, 2.24) is 20.3 Å². The van der Waals surface area contributed by atoms with Crippen molar-refractivity contribution in [3.05, 3.63) is 71.1 Å². The van der Waals surface area contributed by atoms with E-state index in [4.69, 9.17) is 0 Å². The Labute approximate surface area is 176 Å². The summed E-state index contributed by atoms with van der Waals surface area (Å²) in [5.74, 6) is -0.211. The van der Waals surface area contributed by atoms with Gasteiger partial charge in [-0.25, -0.2) is 15.0 Å². The quantitative estimate of drug-likeness (QED) is 0.455. The first-order chi connectivity index (χ1) is 14.6. The SMILES string of the molecule is CNC(=O)c1cnc(Nc2ccccc2C)c(NC(=O)c2csc3cncnc23)c1. The number of hydrogen-bond donors (Lipinski definition) is 3. The molecule has 3 aromatic heterocycles. The summed E-state index contributed by atoms with van der Waals surface area (Å²) in [6.45, 7) is 1.97. The molecule has 3 heterocycles. The number of carbonyl (C=O) groups is 2. The van der Waals surface area contributed by atoms with Gasteiger partial charge in [-0.3, -0.25) is 9.59 Å². The Hall–Kier alpha value is -3.85. The van der Waals surface area contributed by atoms with Gasteiger partial charge in [-0.2, -0.15) is 0 Å². The zero-order valence-corrected chi connectivity index (χ0v) is 17.1. The van der Waals surface area contributed by atoms with Gasteiger partial charge in [0, 0.05) is 30.5 Å². The van der Waals surface area contributed by atoms with E-state index in [2.05, 4.69) is 30.9 Å². The fourth-order valence-corrected chi connectivity index (χ4v) is 3.76. The summed E-state index contributed by atoms with van der Waals surface area (Å²) in [6, 6.07) is 9.32. The summed E-state index contributed by atoms with van der Waals surface area (Å²) in [5, 5.41) is 10.4. The van der Waals surface area contributed by atoms with Crippen LogP contribution in [0.3, 0.4) is 0 Å². The molecule has 0 saturated carbocycles. The average Bonchev–Trinajstić information content (AvgIpc) is 3.20. The monoisotopic (exact) mass is 418 g/mol. The van der Waals surface area contributed by atoms with Crippen LogP contribution in [-0.2, 0) is 0 Å². The number of hydrogen-bond acceptors (Lipinski definition) is 7. The highest BCUT2D eigenvalue weighted by molar-refractivity contribution is 7.17. The van der Waals surface area contributed by atoms with Gasteiger partial charge >= 0.3 is 0 Å². The lowest BCUT2D eigenvalue weighted by Crippen LogP contribution is -2.19. The van der Waals surface area contributed by atoms with Gasteiger partial charge in [-0.15, -0.1) is 11.3 Å². The standard InChI is InChI=1S/C21H18N6O2S/c1-12-5-3-4-6-15(12)26-19-16(7-13(8-24-19)20(28)22-2)27-21(29)14-10-30-17-9-23-11-25-18(14)17/h3-11H,1-2H3,(H,22,28)(H,24,26)(H,27,29). The summed E-state index contributed by atoms with van der Waals surface area (Å²) < 4.78 is 0.818. The molecule has 30 heavy (non-hydrogen) atoms. The van der Waals surface area contributed by atoms with Crippen LogP contribution in [0.5, 0.6) is 0 Å².